The SMILES string of the molecule is O=C(COc1cccnc1)N1CCC(c2nnc3n2CCCCC3)CC1. The maximum atomic E-state index is 12.4. The third-order valence-corrected chi connectivity index (χ3v) is 5.35. The summed E-state index contributed by atoms with van der Waals surface area (Å²) in [6.45, 7) is 2.61. The molecule has 1 fully saturated rings. The molecule has 4 heterocycles. The van der Waals surface area contributed by atoms with E-state index in [9.17, 15) is 4.79 Å². The van der Waals surface area contributed by atoms with Gasteiger partial charge in [-0.1, -0.05) is 6.42 Å². The Kier molecular flexibility index (Phi) is 5.13. The van der Waals surface area contributed by atoms with Crippen LogP contribution in [0.25, 0.3) is 0 Å². The zero-order chi connectivity index (χ0) is 17.8. The van der Waals surface area contributed by atoms with E-state index < -0.39 is 0 Å². The molecule has 2 aliphatic heterocycles. The van der Waals surface area contributed by atoms with Gasteiger partial charge in [0.2, 0.25) is 0 Å². The highest BCUT2D eigenvalue weighted by Crippen LogP contribution is 2.29. The van der Waals surface area contributed by atoms with E-state index in [1.807, 2.05) is 11.0 Å². The molecule has 2 aromatic rings. The van der Waals surface area contributed by atoms with Crippen LogP contribution in [0.5, 0.6) is 5.75 Å². The van der Waals surface area contributed by atoms with Crippen molar-refractivity contribution in [2.75, 3.05) is 19.7 Å². The van der Waals surface area contributed by atoms with Crippen LogP contribution >= 0.6 is 0 Å². The summed E-state index contributed by atoms with van der Waals surface area (Å²) >= 11 is 0. The summed E-state index contributed by atoms with van der Waals surface area (Å²) in [5.41, 5.74) is 0. The molecular formula is C19H25N5O2. The molecule has 7 nitrogen and oxygen atoms in total. The Bertz CT molecular complexity index is 738. The predicted octanol–water partition coefficient (Wildman–Crippen LogP) is 2.18. The van der Waals surface area contributed by atoms with Gasteiger partial charge in [-0.05, 0) is 37.8 Å². The molecule has 1 amide bonds. The molecule has 0 N–H and O–H groups in total. The first kappa shape index (κ1) is 17.0. The Labute approximate surface area is 153 Å². The van der Waals surface area contributed by atoms with Crippen LogP contribution in [0, 0.1) is 0 Å². The quantitative estimate of drug-likeness (QED) is 0.840. The van der Waals surface area contributed by atoms with E-state index >= 15 is 0 Å². The summed E-state index contributed by atoms with van der Waals surface area (Å²) in [6.07, 6.45) is 9.92. The summed E-state index contributed by atoms with van der Waals surface area (Å²) in [6, 6.07) is 3.61. The van der Waals surface area contributed by atoms with Crippen molar-refractivity contribution in [2.24, 2.45) is 0 Å². The average molecular weight is 355 g/mol. The van der Waals surface area contributed by atoms with E-state index in [-0.39, 0.29) is 12.5 Å². The molecule has 0 aromatic carbocycles. The van der Waals surface area contributed by atoms with Gasteiger partial charge in [0.05, 0.1) is 6.20 Å². The van der Waals surface area contributed by atoms with Gasteiger partial charge in [0.25, 0.3) is 5.91 Å². The lowest BCUT2D eigenvalue weighted by atomic mass is 9.95. The lowest BCUT2D eigenvalue weighted by Crippen LogP contribution is -2.40. The smallest absolute Gasteiger partial charge is 0.260 e. The van der Waals surface area contributed by atoms with E-state index in [1.165, 1.54) is 19.3 Å². The topological polar surface area (TPSA) is 73.1 Å². The Balaban J connectivity index is 1.31. The molecule has 0 saturated carbocycles. The molecule has 0 bridgehead atoms. The Morgan fingerprint density at radius 2 is 2.04 bits per heavy atom. The van der Waals surface area contributed by atoms with Crippen molar-refractivity contribution in [1.82, 2.24) is 24.6 Å². The normalized spacial score (nSPS) is 18.2. The fourth-order valence-corrected chi connectivity index (χ4v) is 3.87. The van der Waals surface area contributed by atoms with Crippen molar-refractivity contribution >= 4 is 5.91 Å². The number of carbonyl (C=O) groups excluding carboxylic acids is 1. The molecule has 1 saturated heterocycles. The lowest BCUT2D eigenvalue weighted by molar-refractivity contribution is -0.134. The summed E-state index contributed by atoms with van der Waals surface area (Å²) in [7, 11) is 0. The number of piperidine rings is 1. The third-order valence-electron chi connectivity index (χ3n) is 5.35. The number of ether oxygens (including phenoxy) is 1. The highest BCUT2D eigenvalue weighted by Gasteiger charge is 2.28. The van der Waals surface area contributed by atoms with Crippen LogP contribution in [-0.4, -0.2) is 50.3 Å². The summed E-state index contributed by atoms with van der Waals surface area (Å²) in [4.78, 5) is 18.3. The first-order valence-corrected chi connectivity index (χ1v) is 9.54. The van der Waals surface area contributed by atoms with Crippen molar-refractivity contribution < 1.29 is 9.53 Å². The van der Waals surface area contributed by atoms with Gasteiger partial charge in [-0.3, -0.25) is 9.78 Å². The van der Waals surface area contributed by atoms with Gasteiger partial charge in [0.1, 0.15) is 17.4 Å². The molecule has 0 spiro atoms. The zero-order valence-corrected chi connectivity index (χ0v) is 15.0. The largest absolute Gasteiger partial charge is 0.482 e. The molecule has 0 atom stereocenters. The molecule has 2 aromatic heterocycles. The summed E-state index contributed by atoms with van der Waals surface area (Å²) in [5, 5.41) is 8.90. The molecule has 0 aliphatic carbocycles. The Morgan fingerprint density at radius 1 is 1.15 bits per heavy atom. The number of carbonyl (C=O) groups is 1. The maximum Gasteiger partial charge on any atom is 0.260 e. The Morgan fingerprint density at radius 3 is 2.85 bits per heavy atom. The van der Waals surface area contributed by atoms with Gasteiger partial charge in [-0.2, -0.15) is 0 Å². The van der Waals surface area contributed by atoms with Crippen molar-refractivity contribution in [3.8, 4) is 5.75 Å². The van der Waals surface area contributed by atoms with Crippen molar-refractivity contribution in [3.63, 3.8) is 0 Å². The molecule has 0 radical (unpaired) electrons. The maximum absolute atomic E-state index is 12.4. The van der Waals surface area contributed by atoms with E-state index in [1.54, 1.807) is 18.5 Å². The molecule has 2 aliphatic rings. The third kappa shape index (κ3) is 3.71. The van der Waals surface area contributed by atoms with Crippen LogP contribution in [0.2, 0.25) is 0 Å². The number of hydrogen-bond donors (Lipinski definition) is 0. The molecule has 26 heavy (non-hydrogen) atoms. The van der Waals surface area contributed by atoms with Gasteiger partial charge in [-0.25, -0.2) is 0 Å². The van der Waals surface area contributed by atoms with E-state index in [4.69, 9.17) is 4.74 Å². The first-order chi connectivity index (χ1) is 12.8. The highest BCUT2D eigenvalue weighted by molar-refractivity contribution is 5.77. The fourth-order valence-electron chi connectivity index (χ4n) is 3.87. The molecule has 0 unspecified atom stereocenters. The minimum absolute atomic E-state index is 0.0346. The molecule has 7 heteroatoms. The molecule has 4 rings (SSSR count). The minimum Gasteiger partial charge on any atom is -0.482 e. The minimum atomic E-state index is 0.0346. The van der Waals surface area contributed by atoms with Crippen LogP contribution in [0.1, 0.15) is 49.7 Å². The number of amides is 1. The predicted molar refractivity (Wildman–Crippen MR) is 95.9 cm³/mol. The van der Waals surface area contributed by atoms with Crippen LogP contribution in [-0.2, 0) is 17.8 Å². The monoisotopic (exact) mass is 355 g/mol. The number of rotatable bonds is 4. The van der Waals surface area contributed by atoms with Gasteiger partial charge in [0, 0.05) is 38.2 Å². The lowest BCUT2D eigenvalue weighted by Gasteiger charge is -2.31. The molecular weight excluding hydrogens is 330 g/mol. The number of fused-ring (bicyclic) bond motifs is 1. The van der Waals surface area contributed by atoms with E-state index in [0.717, 1.165) is 50.5 Å². The number of nitrogens with zero attached hydrogens (tertiary/aromatic N) is 5. The van der Waals surface area contributed by atoms with Crippen molar-refractivity contribution in [2.45, 2.75) is 51.0 Å². The standard InChI is InChI=1S/C19H25N5O2/c25-18(14-26-16-5-4-9-20-13-16)23-11-7-15(8-12-23)19-22-21-17-6-2-1-3-10-24(17)19/h4-5,9,13,15H,1-3,6-8,10-12,14H2. The van der Waals surface area contributed by atoms with Crippen LogP contribution < -0.4 is 4.74 Å². The van der Waals surface area contributed by atoms with Gasteiger partial charge < -0.3 is 14.2 Å². The van der Waals surface area contributed by atoms with Gasteiger partial charge in [-0.15, -0.1) is 10.2 Å². The van der Waals surface area contributed by atoms with Crippen LogP contribution in [0.15, 0.2) is 24.5 Å². The van der Waals surface area contributed by atoms with Gasteiger partial charge in [0.15, 0.2) is 6.61 Å². The second-order valence-electron chi connectivity index (χ2n) is 7.07. The first-order valence-electron chi connectivity index (χ1n) is 9.54. The number of aromatic nitrogens is 4. The van der Waals surface area contributed by atoms with Crippen LogP contribution in [0.4, 0.5) is 0 Å². The Hall–Kier alpha value is -2.44. The van der Waals surface area contributed by atoms with Gasteiger partial charge >= 0.3 is 0 Å². The number of pyridine rings is 1. The van der Waals surface area contributed by atoms with E-state index in [0.29, 0.717) is 11.7 Å². The number of hydrogen-bond acceptors (Lipinski definition) is 5. The van der Waals surface area contributed by atoms with Crippen molar-refractivity contribution in [1.29, 1.82) is 0 Å². The average Bonchev–Trinajstić information content (AvgIpc) is 2.95. The number of likely N-dealkylation sites (tertiary alicyclic amines) is 1. The zero-order valence-electron chi connectivity index (χ0n) is 15.0. The van der Waals surface area contributed by atoms with Crippen molar-refractivity contribution in [3.05, 3.63) is 36.2 Å². The van der Waals surface area contributed by atoms with E-state index in [2.05, 4.69) is 19.7 Å². The summed E-state index contributed by atoms with van der Waals surface area (Å²) < 4.78 is 7.86. The summed E-state index contributed by atoms with van der Waals surface area (Å²) in [5.74, 6) is 3.33. The molecule has 138 valence electrons. The highest BCUT2D eigenvalue weighted by atomic mass is 16.5. The fraction of sp³-hybridized carbons (Fsp3) is 0.579. The second-order valence-corrected chi connectivity index (χ2v) is 7.07. The number of aryl methyl sites for hydroxylation is 1. The van der Waals surface area contributed by atoms with Crippen LogP contribution in [0.3, 0.4) is 0 Å². The second kappa shape index (κ2) is 7.85.